The predicted octanol–water partition coefficient (Wildman–Crippen LogP) is 2.36. The Kier molecular flexibility index (Phi) is 9.01. The first-order valence-corrected chi connectivity index (χ1v) is 8.10. The van der Waals surface area contributed by atoms with Gasteiger partial charge in [0, 0.05) is 44.5 Å². The van der Waals surface area contributed by atoms with Gasteiger partial charge in [-0.2, -0.15) is 0 Å². The molecule has 1 heterocycles. The van der Waals surface area contributed by atoms with Gasteiger partial charge in [0.15, 0.2) is 5.96 Å². The number of nitrogens with one attached hydrogen (secondary N) is 2. The zero-order valence-corrected chi connectivity index (χ0v) is 17.3. The third kappa shape index (κ3) is 6.03. The average Bonchev–Trinajstić information content (AvgIpc) is 2.58. The Labute approximate surface area is 165 Å². The second-order valence-electron chi connectivity index (χ2n) is 6.25. The lowest BCUT2D eigenvalue weighted by atomic mass is 9.88. The number of rotatable bonds is 5. The van der Waals surface area contributed by atoms with Gasteiger partial charge < -0.3 is 20.3 Å². The van der Waals surface area contributed by atoms with Crippen LogP contribution in [0.15, 0.2) is 23.2 Å². The number of hydrogen-bond acceptors (Lipinski definition) is 3. The van der Waals surface area contributed by atoms with Gasteiger partial charge in [-0.15, -0.1) is 24.0 Å². The normalized spacial score (nSPS) is 17.1. The van der Waals surface area contributed by atoms with Gasteiger partial charge in [0.2, 0.25) is 0 Å². The maximum absolute atomic E-state index is 13.7. The summed E-state index contributed by atoms with van der Waals surface area (Å²) >= 11 is 0. The van der Waals surface area contributed by atoms with E-state index in [9.17, 15) is 8.78 Å². The molecule has 8 heteroatoms. The Hall–Kier alpha value is -1.00. The molecule has 142 valence electrons. The fraction of sp³-hybridized carbons (Fsp3) is 0.588. The van der Waals surface area contributed by atoms with Gasteiger partial charge >= 0.3 is 0 Å². The summed E-state index contributed by atoms with van der Waals surface area (Å²) < 4.78 is 32.4. The highest BCUT2D eigenvalue weighted by molar-refractivity contribution is 14.0. The van der Waals surface area contributed by atoms with E-state index in [1.54, 1.807) is 7.05 Å². The van der Waals surface area contributed by atoms with E-state index in [1.807, 2.05) is 0 Å². The molecular formula is C17H27F2IN4O. The molecule has 1 aromatic carbocycles. The molecule has 5 nitrogen and oxygen atoms in total. The van der Waals surface area contributed by atoms with Crippen LogP contribution in [0.25, 0.3) is 0 Å². The van der Waals surface area contributed by atoms with Crippen molar-refractivity contribution in [1.29, 1.82) is 0 Å². The van der Waals surface area contributed by atoms with Gasteiger partial charge in [-0.1, -0.05) is 0 Å². The molecule has 2 N–H and O–H groups in total. The Bertz CT molecular complexity index is 578. The molecule has 25 heavy (non-hydrogen) atoms. The van der Waals surface area contributed by atoms with Crippen LogP contribution in [0.1, 0.15) is 18.4 Å². The number of hydrogen-bond donors (Lipinski definition) is 2. The van der Waals surface area contributed by atoms with Crippen LogP contribution in [0.5, 0.6) is 0 Å². The van der Waals surface area contributed by atoms with Crippen molar-refractivity contribution in [2.45, 2.75) is 24.9 Å². The molecule has 1 fully saturated rings. The highest BCUT2D eigenvalue weighted by Crippen LogP contribution is 2.25. The van der Waals surface area contributed by atoms with Gasteiger partial charge in [-0.05, 0) is 45.1 Å². The minimum Gasteiger partial charge on any atom is -0.381 e. The fourth-order valence-electron chi connectivity index (χ4n) is 2.86. The van der Waals surface area contributed by atoms with Crippen molar-refractivity contribution in [3.63, 3.8) is 0 Å². The van der Waals surface area contributed by atoms with Gasteiger partial charge in [-0.3, -0.25) is 4.99 Å². The molecule has 1 aromatic rings. The van der Waals surface area contributed by atoms with Crippen LogP contribution in [0.4, 0.5) is 8.78 Å². The van der Waals surface area contributed by atoms with Gasteiger partial charge in [-0.25, -0.2) is 8.78 Å². The van der Waals surface area contributed by atoms with E-state index in [2.05, 4.69) is 34.6 Å². The Balaban J connectivity index is 0.00000312. The van der Waals surface area contributed by atoms with E-state index in [-0.39, 0.29) is 41.6 Å². The van der Waals surface area contributed by atoms with E-state index in [1.165, 1.54) is 6.07 Å². The van der Waals surface area contributed by atoms with Crippen LogP contribution in [-0.2, 0) is 11.3 Å². The SMILES string of the molecule is CN=C(NCc1cc(F)ccc1F)NCC1(N(C)C)CCOCC1.I. The maximum Gasteiger partial charge on any atom is 0.191 e. The quantitative estimate of drug-likeness (QED) is 0.396. The van der Waals surface area contributed by atoms with Crippen LogP contribution in [0.3, 0.4) is 0 Å². The predicted molar refractivity (Wildman–Crippen MR) is 106 cm³/mol. The summed E-state index contributed by atoms with van der Waals surface area (Å²) in [5.74, 6) is -0.329. The standard InChI is InChI=1S/C17H26F2N4O.HI/c1-20-16(21-11-13-10-14(18)4-5-15(13)19)22-12-17(23(2)3)6-8-24-9-7-17;/h4-5,10H,6-9,11-12H2,1-3H3,(H2,20,21,22);1H. The second kappa shape index (κ2) is 10.2. The average molecular weight is 468 g/mol. The lowest BCUT2D eigenvalue weighted by molar-refractivity contribution is -0.00501. The summed E-state index contributed by atoms with van der Waals surface area (Å²) in [6, 6.07) is 3.43. The van der Waals surface area contributed by atoms with Gasteiger partial charge in [0.25, 0.3) is 0 Å². The van der Waals surface area contributed by atoms with Crippen LogP contribution in [-0.4, -0.2) is 57.3 Å². The molecule has 0 aromatic heterocycles. The number of benzene rings is 1. The number of ether oxygens (including phenoxy) is 1. The Morgan fingerprint density at radius 1 is 1.24 bits per heavy atom. The van der Waals surface area contributed by atoms with Crippen LogP contribution < -0.4 is 10.6 Å². The monoisotopic (exact) mass is 468 g/mol. The molecule has 1 aliphatic rings. The first kappa shape index (κ1) is 22.0. The molecule has 1 saturated heterocycles. The van der Waals surface area contributed by atoms with Crippen LogP contribution in [0, 0.1) is 11.6 Å². The van der Waals surface area contributed by atoms with Crippen molar-refractivity contribution in [2.75, 3.05) is 40.9 Å². The first-order chi connectivity index (χ1) is 11.5. The summed E-state index contributed by atoms with van der Waals surface area (Å²) in [7, 11) is 5.78. The number of guanidine groups is 1. The summed E-state index contributed by atoms with van der Waals surface area (Å²) in [6.45, 7) is 2.34. The number of aliphatic imine (C=N–C) groups is 1. The van der Waals surface area contributed by atoms with Crippen LogP contribution >= 0.6 is 24.0 Å². The highest BCUT2D eigenvalue weighted by atomic mass is 127. The third-order valence-corrected chi connectivity index (χ3v) is 4.63. The molecule has 0 amide bonds. The molecule has 0 spiro atoms. The minimum atomic E-state index is -0.454. The van der Waals surface area contributed by atoms with Crippen molar-refractivity contribution < 1.29 is 13.5 Å². The lowest BCUT2D eigenvalue weighted by Crippen LogP contribution is -2.57. The zero-order valence-electron chi connectivity index (χ0n) is 14.9. The van der Waals surface area contributed by atoms with Crippen molar-refractivity contribution in [3.8, 4) is 0 Å². The molecule has 0 bridgehead atoms. The smallest absolute Gasteiger partial charge is 0.191 e. The van der Waals surface area contributed by atoms with Crippen molar-refractivity contribution in [3.05, 3.63) is 35.4 Å². The van der Waals surface area contributed by atoms with Gasteiger partial charge in [0.1, 0.15) is 11.6 Å². The summed E-state index contributed by atoms with van der Waals surface area (Å²) in [5.41, 5.74) is 0.270. The Morgan fingerprint density at radius 2 is 1.92 bits per heavy atom. The van der Waals surface area contributed by atoms with E-state index in [0.717, 1.165) is 38.2 Å². The maximum atomic E-state index is 13.7. The lowest BCUT2D eigenvalue weighted by Gasteiger charge is -2.43. The number of halogens is 3. The molecule has 0 unspecified atom stereocenters. The largest absolute Gasteiger partial charge is 0.381 e. The van der Waals surface area contributed by atoms with E-state index in [0.29, 0.717) is 12.5 Å². The molecule has 1 aliphatic heterocycles. The zero-order chi connectivity index (χ0) is 17.6. The van der Waals surface area contributed by atoms with Crippen molar-refractivity contribution >= 4 is 29.9 Å². The van der Waals surface area contributed by atoms with Gasteiger partial charge in [0.05, 0.1) is 0 Å². The minimum absolute atomic E-state index is 0. The molecule has 2 rings (SSSR count). The topological polar surface area (TPSA) is 48.9 Å². The summed E-state index contributed by atoms with van der Waals surface area (Å²) in [4.78, 5) is 6.37. The Morgan fingerprint density at radius 3 is 2.52 bits per heavy atom. The molecule has 0 saturated carbocycles. The molecular weight excluding hydrogens is 441 g/mol. The summed E-state index contributed by atoms with van der Waals surface area (Å²) in [5, 5.41) is 6.32. The number of likely N-dealkylation sites (N-methyl/N-ethyl adjacent to an activating group) is 1. The van der Waals surface area contributed by atoms with E-state index in [4.69, 9.17) is 4.74 Å². The summed E-state index contributed by atoms with van der Waals surface area (Å²) in [6.07, 6.45) is 1.87. The molecule has 0 aliphatic carbocycles. The van der Waals surface area contributed by atoms with E-state index < -0.39 is 11.6 Å². The number of nitrogens with zero attached hydrogens (tertiary/aromatic N) is 2. The van der Waals surface area contributed by atoms with Crippen molar-refractivity contribution in [2.24, 2.45) is 4.99 Å². The molecule has 0 atom stereocenters. The van der Waals surface area contributed by atoms with E-state index >= 15 is 0 Å². The van der Waals surface area contributed by atoms with Crippen molar-refractivity contribution in [1.82, 2.24) is 15.5 Å². The van der Waals surface area contributed by atoms with Crippen LogP contribution in [0.2, 0.25) is 0 Å². The third-order valence-electron chi connectivity index (χ3n) is 4.63. The first-order valence-electron chi connectivity index (χ1n) is 8.10. The second-order valence-corrected chi connectivity index (χ2v) is 6.25. The highest BCUT2D eigenvalue weighted by Gasteiger charge is 2.34. The molecule has 0 radical (unpaired) electrons. The fourth-order valence-corrected chi connectivity index (χ4v) is 2.86.